The summed E-state index contributed by atoms with van der Waals surface area (Å²) in [6.07, 6.45) is 4.08. The number of carbonyl (C=O) groups excluding carboxylic acids is 1. The van der Waals surface area contributed by atoms with E-state index in [1.807, 2.05) is 0 Å². The van der Waals surface area contributed by atoms with E-state index < -0.39 is 10.1 Å². The molecule has 0 aliphatic heterocycles. The largest absolute Gasteiger partial charge is 0.466 e. The van der Waals surface area contributed by atoms with Gasteiger partial charge in [-0.25, -0.2) is 4.57 Å². The van der Waals surface area contributed by atoms with Gasteiger partial charge in [0, 0.05) is 18.6 Å². The van der Waals surface area contributed by atoms with E-state index in [9.17, 15) is 13.2 Å². The van der Waals surface area contributed by atoms with Crippen molar-refractivity contribution in [1.82, 2.24) is 0 Å². The van der Waals surface area contributed by atoms with Crippen LogP contribution in [0.25, 0.3) is 0 Å². The molecule has 6 nitrogen and oxygen atoms in total. The number of pyridine rings is 1. The normalized spacial score (nSPS) is 11.3. The van der Waals surface area contributed by atoms with E-state index >= 15 is 0 Å². The Morgan fingerprint density at radius 2 is 2.00 bits per heavy atom. The van der Waals surface area contributed by atoms with Crippen LogP contribution in [0.2, 0.25) is 0 Å². The molecule has 19 heavy (non-hydrogen) atoms. The standard InChI is InChI=1S/C12H17NO5S/c1-2-18-12(14)10-11-4-7-13(8-5-11)6-3-9-19(15,16)17/h4-5,7-8H,2-3,6,9-10H2,1H3/p+1. The third kappa shape index (κ3) is 6.88. The van der Waals surface area contributed by atoms with Gasteiger partial charge in [0.05, 0.1) is 18.8 Å². The number of esters is 1. The Balaban J connectivity index is 2.45. The molecule has 0 aliphatic rings. The monoisotopic (exact) mass is 288 g/mol. The van der Waals surface area contributed by atoms with E-state index in [-0.39, 0.29) is 18.1 Å². The Morgan fingerprint density at radius 3 is 2.53 bits per heavy atom. The minimum atomic E-state index is -3.90. The number of aromatic nitrogens is 1. The maximum atomic E-state index is 11.3. The van der Waals surface area contributed by atoms with Gasteiger partial charge in [0.1, 0.15) is 6.54 Å². The van der Waals surface area contributed by atoms with Crippen molar-refractivity contribution in [3.8, 4) is 0 Å². The van der Waals surface area contributed by atoms with Crippen LogP contribution in [0.5, 0.6) is 0 Å². The fraction of sp³-hybridized carbons (Fsp3) is 0.500. The minimum absolute atomic E-state index is 0.222. The van der Waals surface area contributed by atoms with Gasteiger partial charge < -0.3 is 4.74 Å². The predicted octanol–water partition coefficient (Wildman–Crippen LogP) is 0.358. The first-order valence-corrected chi connectivity index (χ1v) is 7.60. The molecule has 0 saturated heterocycles. The van der Waals surface area contributed by atoms with Gasteiger partial charge in [-0.2, -0.15) is 8.42 Å². The van der Waals surface area contributed by atoms with Crippen LogP contribution in [0.4, 0.5) is 0 Å². The van der Waals surface area contributed by atoms with Gasteiger partial charge in [0.2, 0.25) is 0 Å². The highest BCUT2D eigenvalue weighted by Crippen LogP contribution is 1.99. The minimum Gasteiger partial charge on any atom is -0.466 e. The van der Waals surface area contributed by atoms with Crippen molar-refractivity contribution < 1.29 is 27.1 Å². The van der Waals surface area contributed by atoms with Crippen LogP contribution in [0.3, 0.4) is 0 Å². The summed E-state index contributed by atoms with van der Waals surface area (Å²) in [6.45, 7) is 2.60. The fourth-order valence-electron chi connectivity index (χ4n) is 1.56. The molecule has 106 valence electrons. The zero-order valence-electron chi connectivity index (χ0n) is 10.8. The molecular formula is C12H18NO5S+. The Bertz CT molecular complexity index is 509. The summed E-state index contributed by atoms with van der Waals surface area (Å²) >= 11 is 0. The van der Waals surface area contributed by atoms with Crippen molar-refractivity contribution in [1.29, 1.82) is 0 Å². The maximum Gasteiger partial charge on any atom is 0.310 e. The molecule has 0 spiro atoms. The van der Waals surface area contributed by atoms with Gasteiger partial charge in [-0.3, -0.25) is 9.35 Å². The number of carbonyl (C=O) groups is 1. The van der Waals surface area contributed by atoms with E-state index in [1.54, 1.807) is 36.0 Å². The first kappa shape index (κ1) is 15.6. The topological polar surface area (TPSA) is 84.5 Å². The third-order valence-corrected chi connectivity index (χ3v) is 3.24. The SMILES string of the molecule is CCOC(=O)Cc1cc[n+](CCCS(=O)(=O)O)cc1. The van der Waals surface area contributed by atoms with Crippen molar-refractivity contribution in [2.24, 2.45) is 0 Å². The lowest BCUT2D eigenvalue weighted by molar-refractivity contribution is -0.696. The molecule has 1 rings (SSSR count). The second kappa shape index (κ2) is 7.20. The Morgan fingerprint density at radius 1 is 1.37 bits per heavy atom. The lowest BCUT2D eigenvalue weighted by Crippen LogP contribution is -2.33. The van der Waals surface area contributed by atoms with Crippen molar-refractivity contribution in [3.63, 3.8) is 0 Å². The van der Waals surface area contributed by atoms with Gasteiger partial charge in [-0.15, -0.1) is 0 Å². The number of aryl methyl sites for hydroxylation is 1. The van der Waals surface area contributed by atoms with E-state index in [2.05, 4.69) is 0 Å². The molecular weight excluding hydrogens is 270 g/mol. The Hall–Kier alpha value is -1.47. The number of ether oxygens (including phenoxy) is 1. The summed E-state index contributed by atoms with van der Waals surface area (Å²) in [4.78, 5) is 11.3. The third-order valence-electron chi connectivity index (χ3n) is 2.43. The van der Waals surface area contributed by atoms with Crippen LogP contribution < -0.4 is 4.57 Å². The van der Waals surface area contributed by atoms with E-state index in [0.29, 0.717) is 19.6 Å². The summed E-state index contributed by atoms with van der Waals surface area (Å²) in [5.74, 6) is -0.531. The van der Waals surface area contributed by atoms with Crippen LogP contribution >= 0.6 is 0 Å². The summed E-state index contributed by atoms with van der Waals surface area (Å²) in [5, 5.41) is 0. The number of nitrogens with zero attached hydrogens (tertiary/aromatic N) is 1. The summed E-state index contributed by atoms with van der Waals surface area (Å²) in [6, 6.07) is 3.56. The Kier molecular flexibility index (Phi) is 5.91. The van der Waals surface area contributed by atoms with E-state index in [4.69, 9.17) is 9.29 Å². The fourth-order valence-corrected chi connectivity index (χ4v) is 2.06. The zero-order valence-corrected chi connectivity index (χ0v) is 11.6. The highest BCUT2D eigenvalue weighted by atomic mass is 32.2. The van der Waals surface area contributed by atoms with Gasteiger partial charge in [0.15, 0.2) is 12.4 Å². The van der Waals surface area contributed by atoms with Crippen LogP contribution in [-0.2, 0) is 32.6 Å². The molecule has 0 aromatic carbocycles. The van der Waals surface area contributed by atoms with Gasteiger partial charge in [0.25, 0.3) is 10.1 Å². The van der Waals surface area contributed by atoms with Crippen molar-refractivity contribution in [2.75, 3.05) is 12.4 Å². The number of hydrogen-bond donors (Lipinski definition) is 1. The van der Waals surface area contributed by atoms with Crippen molar-refractivity contribution >= 4 is 16.1 Å². The molecule has 1 aromatic heterocycles. The molecule has 0 amide bonds. The van der Waals surface area contributed by atoms with E-state index in [1.165, 1.54) is 0 Å². The van der Waals surface area contributed by atoms with E-state index in [0.717, 1.165) is 5.56 Å². The maximum absolute atomic E-state index is 11.3. The highest BCUT2D eigenvalue weighted by Gasteiger charge is 2.09. The lowest BCUT2D eigenvalue weighted by Gasteiger charge is -2.01. The zero-order chi connectivity index (χ0) is 14.3. The Labute approximate surface area is 112 Å². The average molecular weight is 288 g/mol. The van der Waals surface area contributed by atoms with Gasteiger partial charge in [-0.05, 0) is 12.5 Å². The lowest BCUT2D eigenvalue weighted by atomic mass is 10.2. The summed E-state index contributed by atoms with van der Waals surface area (Å²) < 4.78 is 36.3. The molecule has 1 N–H and O–H groups in total. The molecule has 7 heteroatoms. The quantitative estimate of drug-likeness (QED) is 0.445. The second-order valence-corrected chi connectivity index (χ2v) is 5.64. The molecule has 0 unspecified atom stereocenters. The van der Waals surface area contributed by atoms with Crippen LogP contribution in [0, 0.1) is 0 Å². The van der Waals surface area contributed by atoms with Crippen molar-refractivity contribution in [2.45, 2.75) is 26.3 Å². The molecule has 0 atom stereocenters. The van der Waals surface area contributed by atoms with Gasteiger partial charge >= 0.3 is 5.97 Å². The number of rotatable bonds is 7. The average Bonchev–Trinajstić information content (AvgIpc) is 2.30. The summed E-state index contributed by atoms with van der Waals surface area (Å²) in [7, 11) is -3.90. The molecule has 0 bridgehead atoms. The first-order valence-electron chi connectivity index (χ1n) is 5.99. The molecule has 0 saturated carbocycles. The van der Waals surface area contributed by atoms with Crippen LogP contribution in [0.1, 0.15) is 18.9 Å². The molecule has 0 radical (unpaired) electrons. The smallest absolute Gasteiger partial charge is 0.310 e. The predicted molar refractivity (Wildman–Crippen MR) is 68.0 cm³/mol. The van der Waals surface area contributed by atoms with Crippen LogP contribution in [0.15, 0.2) is 24.5 Å². The van der Waals surface area contributed by atoms with Gasteiger partial charge in [-0.1, -0.05) is 0 Å². The second-order valence-electron chi connectivity index (χ2n) is 4.07. The highest BCUT2D eigenvalue weighted by molar-refractivity contribution is 7.85. The first-order chi connectivity index (χ1) is 8.90. The summed E-state index contributed by atoms with van der Waals surface area (Å²) in [5.41, 5.74) is 0.837. The van der Waals surface area contributed by atoms with Crippen molar-refractivity contribution in [3.05, 3.63) is 30.1 Å². The van der Waals surface area contributed by atoms with Crippen LogP contribution in [-0.4, -0.2) is 31.3 Å². The molecule has 1 heterocycles. The number of hydrogen-bond acceptors (Lipinski definition) is 4. The molecule has 1 aromatic rings. The molecule has 0 aliphatic carbocycles. The molecule has 0 fully saturated rings.